The molecule has 0 heterocycles. The van der Waals surface area contributed by atoms with Crippen molar-refractivity contribution in [2.24, 2.45) is 0 Å². The second kappa shape index (κ2) is 7.30. The third kappa shape index (κ3) is 4.02. The zero-order valence-electron chi connectivity index (χ0n) is 10.8. The molecule has 0 aliphatic carbocycles. The molecule has 1 aromatic rings. The lowest BCUT2D eigenvalue weighted by molar-refractivity contribution is 0.281. The van der Waals surface area contributed by atoms with Gasteiger partial charge >= 0.3 is 0 Å². The Kier molecular flexibility index (Phi) is 6.01. The van der Waals surface area contributed by atoms with Crippen LogP contribution in [0.25, 0.3) is 0 Å². The van der Waals surface area contributed by atoms with Crippen molar-refractivity contribution in [3.63, 3.8) is 0 Å². The van der Waals surface area contributed by atoms with E-state index in [1.807, 2.05) is 4.90 Å². The molecule has 0 unspecified atom stereocenters. The second-order valence-electron chi connectivity index (χ2n) is 4.15. The Morgan fingerprint density at radius 3 is 1.71 bits per heavy atom. The quantitative estimate of drug-likeness (QED) is 0.757. The molecule has 0 atom stereocenters. The van der Waals surface area contributed by atoms with Gasteiger partial charge in [0.2, 0.25) is 0 Å². The van der Waals surface area contributed by atoms with Crippen LogP contribution >= 0.6 is 0 Å². The topological polar surface area (TPSA) is 43.7 Å². The molecule has 3 nitrogen and oxygen atoms in total. The minimum atomic E-state index is 0.109. The van der Waals surface area contributed by atoms with Crippen molar-refractivity contribution in [3.8, 4) is 0 Å². The molecule has 0 saturated carbocycles. The largest absolute Gasteiger partial charge is 0.395 e. The Labute approximate surface area is 104 Å². The van der Waals surface area contributed by atoms with E-state index in [-0.39, 0.29) is 13.2 Å². The third-order valence-electron chi connectivity index (χ3n) is 2.96. The van der Waals surface area contributed by atoms with E-state index in [0.717, 1.165) is 18.5 Å². The molecule has 0 aliphatic heterocycles. The summed E-state index contributed by atoms with van der Waals surface area (Å²) in [5, 5.41) is 18.1. The van der Waals surface area contributed by atoms with Gasteiger partial charge in [-0.1, -0.05) is 19.9 Å². The molecule has 0 amide bonds. The molecule has 2 N–H and O–H groups in total. The van der Waals surface area contributed by atoms with Crippen LogP contribution in [0, 0.1) is 0 Å². The molecule has 0 aliphatic rings. The van der Waals surface area contributed by atoms with E-state index in [0.29, 0.717) is 13.1 Å². The molecular weight excluding hydrogens is 214 g/mol. The van der Waals surface area contributed by atoms with E-state index in [9.17, 15) is 0 Å². The SMILES string of the molecule is CCc1cc(CC)cc(N(CCO)CCO)c1. The summed E-state index contributed by atoms with van der Waals surface area (Å²) in [6.45, 7) is 5.63. The molecule has 3 heteroatoms. The van der Waals surface area contributed by atoms with Crippen molar-refractivity contribution in [2.75, 3.05) is 31.2 Å². The van der Waals surface area contributed by atoms with Crippen LogP contribution in [0.1, 0.15) is 25.0 Å². The Bertz CT molecular complexity index is 311. The molecule has 17 heavy (non-hydrogen) atoms. The van der Waals surface area contributed by atoms with E-state index in [4.69, 9.17) is 10.2 Å². The van der Waals surface area contributed by atoms with Crippen LogP contribution in [0.3, 0.4) is 0 Å². The Morgan fingerprint density at radius 1 is 0.882 bits per heavy atom. The first-order chi connectivity index (χ1) is 8.24. The van der Waals surface area contributed by atoms with E-state index >= 15 is 0 Å². The van der Waals surface area contributed by atoms with Gasteiger partial charge in [-0.25, -0.2) is 0 Å². The first-order valence-corrected chi connectivity index (χ1v) is 6.34. The summed E-state index contributed by atoms with van der Waals surface area (Å²) in [6, 6.07) is 6.51. The van der Waals surface area contributed by atoms with Crippen LogP contribution < -0.4 is 4.90 Å². The van der Waals surface area contributed by atoms with E-state index in [2.05, 4.69) is 32.0 Å². The summed E-state index contributed by atoms with van der Waals surface area (Å²) in [5.74, 6) is 0. The van der Waals surface area contributed by atoms with Crippen LogP contribution in [0.5, 0.6) is 0 Å². The van der Waals surface area contributed by atoms with Crippen LogP contribution in [0.4, 0.5) is 5.69 Å². The average Bonchev–Trinajstić information content (AvgIpc) is 2.37. The molecule has 1 rings (SSSR count). The van der Waals surface area contributed by atoms with Gasteiger partial charge in [0.25, 0.3) is 0 Å². The second-order valence-corrected chi connectivity index (χ2v) is 4.15. The highest BCUT2D eigenvalue weighted by Crippen LogP contribution is 2.20. The van der Waals surface area contributed by atoms with Crippen LogP contribution in [0.2, 0.25) is 0 Å². The molecule has 0 radical (unpaired) electrons. The first-order valence-electron chi connectivity index (χ1n) is 6.34. The summed E-state index contributed by atoms with van der Waals surface area (Å²) >= 11 is 0. The van der Waals surface area contributed by atoms with E-state index in [1.165, 1.54) is 11.1 Å². The maximum Gasteiger partial charge on any atom is 0.0606 e. The molecule has 0 aromatic heterocycles. The van der Waals surface area contributed by atoms with Crippen molar-refractivity contribution >= 4 is 5.69 Å². The summed E-state index contributed by atoms with van der Waals surface area (Å²) in [6.07, 6.45) is 2.01. The monoisotopic (exact) mass is 237 g/mol. The lowest BCUT2D eigenvalue weighted by Crippen LogP contribution is -2.29. The lowest BCUT2D eigenvalue weighted by atomic mass is 10.0. The predicted molar refractivity (Wildman–Crippen MR) is 71.6 cm³/mol. The number of nitrogens with zero attached hydrogens (tertiary/aromatic N) is 1. The van der Waals surface area contributed by atoms with Gasteiger partial charge < -0.3 is 15.1 Å². The number of hydrogen-bond acceptors (Lipinski definition) is 3. The van der Waals surface area contributed by atoms with Crippen molar-refractivity contribution in [1.29, 1.82) is 0 Å². The number of anilines is 1. The zero-order chi connectivity index (χ0) is 12.7. The van der Waals surface area contributed by atoms with Crippen molar-refractivity contribution in [1.82, 2.24) is 0 Å². The highest BCUT2D eigenvalue weighted by atomic mass is 16.3. The summed E-state index contributed by atoms with van der Waals surface area (Å²) < 4.78 is 0. The molecule has 0 fully saturated rings. The fourth-order valence-corrected chi connectivity index (χ4v) is 1.95. The Balaban J connectivity index is 2.99. The van der Waals surface area contributed by atoms with Crippen molar-refractivity contribution in [2.45, 2.75) is 26.7 Å². The van der Waals surface area contributed by atoms with Crippen molar-refractivity contribution in [3.05, 3.63) is 29.3 Å². The highest BCUT2D eigenvalue weighted by molar-refractivity contribution is 5.51. The van der Waals surface area contributed by atoms with Crippen LogP contribution in [-0.2, 0) is 12.8 Å². The molecule has 96 valence electrons. The number of rotatable bonds is 7. The van der Waals surface area contributed by atoms with Crippen molar-refractivity contribution < 1.29 is 10.2 Å². The molecular formula is C14H23NO2. The van der Waals surface area contributed by atoms with Gasteiger partial charge in [-0.05, 0) is 36.1 Å². The lowest BCUT2D eigenvalue weighted by Gasteiger charge is -2.24. The van der Waals surface area contributed by atoms with Gasteiger partial charge in [0, 0.05) is 18.8 Å². The first kappa shape index (κ1) is 14.0. The van der Waals surface area contributed by atoms with Gasteiger partial charge in [-0.2, -0.15) is 0 Å². The third-order valence-corrected chi connectivity index (χ3v) is 2.96. The highest BCUT2D eigenvalue weighted by Gasteiger charge is 2.07. The minimum absolute atomic E-state index is 0.109. The molecule has 0 bridgehead atoms. The smallest absolute Gasteiger partial charge is 0.0606 e. The molecule has 1 aromatic carbocycles. The van der Waals surface area contributed by atoms with Crippen LogP contribution in [0.15, 0.2) is 18.2 Å². The predicted octanol–water partition coefficient (Wildman–Crippen LogP) is 1.60. The molecule has 0 spiro atoms. The summed E-state index contributed by atoms with van der Waals surface area (Å²) in [4.78, 5) is 2.03. The number of aliphatic hydroxyl groups is 2. The fraction of sp³-hybridized carbons (Fsp3) is 0.571. The Morgan fingerprint density at radius 2 is 1.35 bits per heavy atom. The summed E-state index contributed by atoms with van der Waals surface area (Å²) in [5.41, 5.74) is 3.71. The maximum absolute atomic E-state index is 9.05. The molecule has 0 saturated heterocycles. The maximum atomic E-state index is 9.05. The average molecular weight is 237 g/mol. The van der Waals surface area contributed by atoms with Gasteiger partial charge in [0.15, 0.2) is 0 Å². The number of aryl methyl sites for hydroxylation is 2. The van der Waals surface area contributed by atoms with Gasteiger partial charge in [-0.3, -0.25) is 0 Å². The van der Waals surface area contributed by atoms with E-state index < -0.39 is 0 Å². The Hall–Kier alpha value is -1.06. The van der Waals surface area contributed by atoms with Crippen LogP contribution in [-0.4, -0.2) is 36.5 Å². The van der Waals surface area contributed by atoms with Gasteiger partial charge in [0.1, 0.15) is 0 Å². The fourth-order valence-electron chi connectivity index (χ4n) is 1.95. The summed E-state index contributed by atoms with van der Waals surface area (Å²) in [7, 11) is 0. The normalized spacial score (nSPS) is 10.6. The zero-order valence-corrected chi connectivity index (χ0v) is 10.8. The van der Waals surface area contributed by atoms with Gasteiger partial charge in [-0.15, -0.1) is 0 Å². The number of hydrogen-bond donors (Lipinski definition) is 2. The number of benzene rings is 1. The number of aliphatic hydroxyl groups excluding tert-OH is 2. The minimum Gasteiger partial charge on any atom is -0.395 e. The standard InChI is InChI=1S/C14H23NO2/c1-3-12-9-13(4-2)11-14(10-12)15(5-7-16)6-8-17/h9-11,16-17H,3-8H2,1-2H3. The van der Waals surface area contributed by atoms with Gasteiger partial charge in [0.05, 0.1) is 13.2 Å². The van der Waals surface area contributed by atoms with E-state index in [1.54, 1.807) is 0 Å².